The molecule has 2 aromatic rings. The fourth-order valence-corrected chi connectivity index (χ4v) is 3.41. The van der Waals surface area contributed by atoms with Crippen LogP contribution in [0.3, 0.4) is 0 Å². The van der Waals surface area contributed by atoms with Gasteiger partial charge < -0.3 is 14.8 Å². The molecular formula is C24H30BrN3O4. The third-order valence-corrected chi connectivity index (χ3v) is 5.31. The van der Waals surface area contributed by atoms with Crippen LogP contribution in [0.15, 0.2) is 52.0 Å². The first-order valence-corrected chi connectivity index (χ1v) is 11.3. The number of hydrogen-bond donors (Lipinski definition) is 2. The van der Waals surface area contributed by atoms with Crippen LogP contribution >= 0.6 is 15.9 Å². The zero-order valence-corrected chi connectivity index (χ0v) is 20.4. The average molecular weight is 504 g/mol. The number of halogens is 1. The fourth-order valence-electron chi connectivity index (χ4n) is 2.90. The standard InChI is InChI=1S/C24H30BrN3O4/c1-5-6-13-32-21-12-7-17(14-20(21)25)15-26-28-24(30)22(16(2)3)23(29)27-18-8-10-19(31-4)11-9-18/h7-12,14-16,22H,5-6,13H2,1-4H3,(H,27,29)(H,28,30). The summed E-state index contributed by atoms with van der Waals surface area (Å²) in [7, 11) is 1.57. The molecule has 0 radical (unpaired) electrons. The number of nitrogens with zero attached hydrogens (tertiary/aromatic N) is 1. The lowest BCUT2D eigenvalue weighted by Gasteiger charge is -2.18. The monoisotopic (exact) mass is 503 g/mol. The average Bonchev–Trinajstić information content (AvgIpc) is 2.75. The molecule has 0 fully saturated rings. The summed E-state index contributed by atoms with van der Waals surface area (Å²) >= 11 is 3.49. The van der Waals surface area contributed by atoms with E-state index in [-0.39, 0.29) is 5.92 Å². The minimum absolute atomic E-state index is 0.211. The van der Waals surface area contributed by atoms with Crippen molar-refractivity contribution in [2.45, 2.75) is 33.6 Å². The molecule has 0 aromatic heterocycles. The highest BCUT2D eigenvalue weighted by atomic mass is 79.9. The number of benzene rings is 2. The molecule has 0 heterocycles. The molecule has 0 saturated carbocycles. The first-order valence-electron chi connectivity index (χ1n) is 10.6. The molecule has 172 valence electrons. The molecule has 0 aliphatic carbocycles. The van der Waals surface area contributed by atoms with Crippen LogP contribution in [0.1, 0.15) is 39.2 Å². The third kappa shape index (κ3) is 7.67. The Morgan fingerprint density at radius 1 is 1.12 bits per heavy atom. The second-order valence-electron chi connectivity index (χ2n) is 7.57. The number of rotatable bonds is 11. The summed E-state index contributed by atoms with van der Waals surface area (Å²) in [5.41, 5.74) is 3.84. The van der Waals surface area contributed by atoms with E-state index in [0.29, 0.717) is 18.0 Å². The van der Waals surface area contributed by atoms with Gasteiger partial charge in [-0.3, -0.25) is 9.59 Å². The second-order valence-corrected chi connectivity index (χ2v) is 8.42. The maximum absolute atomic E-state index is 12.7. The summed E-state index contributed by atoms with van der Waals surface area (Å²) in [5, 5.41) is 6.79. The van der Waals surface area contributed by atoms with Crippen LogP contribution in [0, 0.1) is 11.8 Å². The van der Waals surface area contributed by atoms with Gasteiger partial charge >= 0.3 is 0 Å². The van der Waals surface area contributed by atoms with E-state index < -0.39 is 17.7 Å². The second kappa shape index (κ2) is 12.9. The van der Waals surface area contributed by atoms with Crippen LogP contribution in [-0.4, -0.2) is 31.7 Å². The van der Waals surface area contributed by atoms with Crippen molar-refractivity contribution in [3.05, 3.63) is 52.5 Å². The lowest BCUT2D eigenvalue weighted by molar-refractivity contribution is -0.134. The molecule has 1 atom stereocenters. The summed E-state index contributed by atoms with van der Waals surface area (Å²) in [6.07, 6.45) is 3.58. The zero-order chi connectivity index (χ0) is 23.5. The molecular weight excluding hydrogens is 474 g/mol. The molecule has 2 aromatic carbocycles. The molecule has 32 heavy (non-hydrogen) atoms. The van der Waals surface area contributed by atoms with Gasteiger partial charge in [-0.2, -0.15) is 5.10 Å². The van der Waals surface area contributed by atoms with Crippen LogP contribution in [0.25, 0.3) is 0 Å². The number of carbonyl (C=O) groups excluding carboxylic acids is 2. The van der Waals surface area contributed by atoms with Gasteiger partial charge in [-0.15, -0.1) is 0 Å². The molecule has 0 aliphatic heterocycles. The van der Waals surface area contributed by atoms with Gasteiger partial charge in [0.15, 0.2) is 0 Å². The van der Waals surface area contributed by atoms with Crippen molar-refractivity contribution in [2.24, 2.45) is 16.9 Å². The topological polar surface area (TPSA) is 89.0 Å². The van der Waals surface area contributed by atoms with Gasteiger partial charge in [0.05, 0.1) is 24.4 Å². The molecule has 2 N–H and O–H groups in total. The Morgan fingerprint density at radius 2 is 1.84 bits per heavy atom. The Kier molecular flexibility index (Phi) is 10.2. The van der Waals surface area contributed by atoms with E-state index in [1.54, 1.807) is 31.4 Å². The van der Waals surface area contributed by atoms with Crippen LogP contribution < -0.4 is 20.2 Å². The normalized spacial score (nSPS) is 11.9. The summed E-state index contributed by atoms with van der Waals surface area (Å²) in [6.45, 7) is 6.40. The van der Waals surface area contributed by atoms with E-state index in [0.717, 1.165) is 28.6 Å². The molecule has 2 rings (SSSR count). The molecule has 2 amide bonds. The minimum atomic E-state index is -0.893. The van der Waals surface area contributed by atoms with E-state index in [2.05, 4.69) is 38.7 Å². The lowest BCUT2D eigenvalue weighted by Crippen LogP contribution is -2.39. The number of carbonyl (C=O) groups is 2. The Bertz CT molecular complexity index is 929. The third-order valence-electron chi connectivity index (χ3n) is 4.69. The maximum Gasteiger partial charge on any atom is 0.252 e. The van der Waals surface area contributed by atoms with Gasteiger partial charge in [0.1, 0.15) is 17.4 Å². The first-order chi connectivity index (χ1) is 15.3. The number of amides is 2. The van der Waals surface area contributed by atoms with Crippen molar-refractivity contribution in [1.82, 2.24) is 5.43 Å². The number of anilines is 1. The van der Waals surface area contributed by atoms with Crippen molar-refractivity contribution >= 4 is 39.6 Å². The summed E-state index contributed by atoms with van der Waals surface area (Å²) < 4.78 is 11.6. The van der Waals surface area contributed by atoms with Crippen LogP contribution in [0.4, 0.5) is 5.69 Å². The first kappa shape index (κ1) is 25.4. The highest BCUT2D eigenvalue weighted by Crippen LogP contribution is 2.25. The van der Waals surface area contributed by atoms with Gasteiger partial charge in [-0.25, -0.2) is 5.43 Å². The number of hydrogen-bond acceptors (Lipinski definition) is 5. The van der Waals surface area contributed by atoms with Crippen LogP contribution in [0.2, 0.25) is 0 Å². The predicted octanol–water partition coefficient (Wildman–Crippen LogP) is 5.00. The van der Waals surface area contributed by atoms with Gasteiger partial charge in [-0.05, 0) is 76.3 Å². The van der Waals surface area contributed by atoms with E-state index in [1.807, 2.05) is 32.0 Å². The Hall–Kier alpha value is -2.87. The number of ether oxygens (including phenoxy) is 2. The molecule has 0 saturated heterocycles. The number of unbranched alkanes of at least 4 members (excludes halogenated alkanes) is 1. The van der Waals surface area contributed by atoms with Crippen molar-refractivity contribution < 1.29 is 19.1 Å². The van der Waals surface area contributed by atoms with Gasteiger partial charge in [-0.1, -0.05) is 27.2 Å². The molecule has 0 spiro atoms. The quantitative estimate of drug-likeness (QED) is 0.195. The van der Waals surface area contributed by atoms with Crippen molar-refractivity contribution in [3.8, 4) is 11.5 Å². The Morgan fingerprint density at radius 3 is 2.44 bits per heavy atom. The minimum Gasteiger partial charge on any atom is -0.497 e. The van der Waals surface area contributed by atoms with Gasteiger partial charge in [0, 0.05) is 5.69 Å². The van der Waals surface area contributed by atoms with E-state index in [1.165, 1.54) is 6.21 Å². The molecule has 7 nitrogen and oxygen atoms in total. The van der Waals surface area contributed by atoms with Crippen molar-refractivity contribution in [2.75, 3.05) is 19.0 Å². The Balaban J connectivity index is 1.97. The number of hydrazone groups is 1. The van der Waals surface area contributed by atoms with Crippen molar-refractivity contribution in [1.29, 1.82) is 0 Å². The van der Waals surface area contributed by atoms with Crippen molar-refractivity contribution in [3.63, 3.8) is 0 Å². The van der Waals surface area contributed by atoms with E-state index >= 15 is 0 Å². The summed E-state index contributed by atoms with van der Waals surface area (Å²) in [4.78, 5) is 25.3. The molecule has 1 unspecified atom stereocenters. The molecule has 0 aliphatic rings. The largest absolute Gasteiger partial charge is 0.497 e. The van der Waals surface area contributed by atoms with E-state index in [9.17, 15) is 9.59 Å². The number of nitrogens with one attached hydrogen (secondary N) is 2. The lowest BCUT2D eigenvalue weighted by atomic mass is 9.94. The Labute approximate surface area is 197 Å². The molecule has 8 heteroatoms. The fraction of sp³-hybridized carbons (Fsp3) is 0.375. The SMILES string of the molecule is CCCCOc1ccc(C=NNC(=O)C(C(=O)Nc2ccc(OC)cc2)C(C)C)cc1Br. The highest BCUT2D eigenvalue weighted by molar-refractivity contribution is 9.10. The number of methoxy groups -OCH3 is 1. The van der Waals surface area contributed by atoms with Gasteiger partial charge in [0.2, 0.25) is 5.91 Å². The maximum atomic E-state index is 12.7. The highest BCUT2D eigenvalue weighted by Gasteiger charge is 2.29. The van der Waals surface area contributed by atoms with Crippen LogP contribution in [-0.2, 0) is 9.59 Å². The predicted molar refractivity (Wildman–Crippen MR) is 130 cm³/mol. The smallest absolute Gasteiger partial charge is 0.252 e. The summed E-state index contributed by atoms with van der Waals surface area (Å²) in [6, 6.07) is 12.5. The zero-order valence-electron chi connectivity index (χ0n) is 18.9. The van der Waals surface area contributed by atoms with E-state index in [4.69, 9.17) is 9.47 Å². The van der Waals surface area contributed by atoms with Gasteiger partial charge in [0.25, 0.3) is 5.91 Å². The summed E-state index contributed by atoms with van der Waals surface area (Å²) in [5.74, 6) is -0.528. The van der Waals surface area contributed by atoms with Crippen LogP contribution in [0.5, 0.6) is 11.5 Å². The molecule has 0 bridgehead atoms.